The van der Waals surface area contributed by atoms with Gasteiger partial charge >= 0.3 is 0 Å². The average Bonchev–Trinajstić information content (AvgIpc) is 2.51. The van der Waals surface area contributed by atoms with Crippen LogP contribution < -0.4 is 0 Å². The van der Waals surface area contributed by atoms with Crippen LogP contribution in [0.5, 0.6) is 0 Å². The summed E-state index contributed by atoms with van der Waals surface area (Å²) >= 11 is 6.42. The van der Waals surface area contributed by atoms with Crippen LogP contribution in [0.15, 0.2) is 66.7 Å². The monoisotopic (exact) mass is 279 g/mol. The van der Waals surface area contributed by atoms with Crippen LogP contribution in [0.2, 0.25) is 5.02 Å². The summed E-state index contributed by atoms with van der Waals surface area (Å²) in [4.78, 5) is 4.74. The molecule has 0 radical (unpaired) electrons. The zero-order valence-corrected chi connectivity index (χ0v) is 11.9. The summed E-state index contributed by atoms with van der Waals surface area (Å²) in [6, 6.07) is 22.2. The van der Waals surface area contributed by atoms with Crippen LogP contribution in [0.25, 0.3) is 22.5 Å². The first-order valence-corrected chi connectivity index (χ1v) is 6.91. The first-order valence-electron chi connectivity index (χ1n) is 6.53. The van der Waals surface area contributed by atoms with Crippen molar-refractivity contribution < 1.29 is 0 Å². The molecule has 0 bridgehead atoms. The van der Waals surface area contributed by atoms with Crippen molar-refractivity contribution in [1.82, 2.24) is 4.98 Å². The minimum Gasteiger partial charge on any atom is -0.246 e. The Bertz CT molecular complexity index is 721. The highest BCUT2D eigenvalue weighted by Crippen LogP contribution is 2.32. The van der Waals surface area contributed by atoms with Crippen LogP contribution in [0, 0.1) is 6.92 Å². The van der Waals surface area contributed by atoms with E-state index in [1.165, 1.54) is 0 Å². The summed E-state index contributed by atoms with van der Waals surface area (Å²) < 4.78 is 0. The standard InChI is InChI=1S/C18H14ClN/c1-13-12-16(14-8-4-2-5-9-14)20-18(17(13)19)15-10-6-3-7-11-15/h2-12H,1H3. The van der Waals surface area contributed by atoms with Crippen molar-refractivity contribution in [2.24, 2.45) is 0 Å². The molecule has 0 amide bonds. The molecule has 3 aromatic rings. The number of aryl methyl sites for hydroxylation is 1. The Labute approximate surface area is 123 Å². The molecule has 2 heteroatoms. The summed E-state index contributed by atoms with van der Waals surface area (Å²) in [7, 11) is 0. The summed E-state index contributed by atoms with van der Waals surface area (Å²) in [6.45, 7) is 2.02. The SMILES string of the molecule is Cc1cc(-c2ccccc2)nc(-c2ccccc2)c1Cl. The van der Waals surface area contributed by atoms with Crippen LogP contribution in [-0.4, -0.2) is 4.98 Å². The fourth-order valence-corrected chi connectivity index (χ4v) is 2.41. The Morgan fingerprint density at radius 2 is 1.35 bits per heavy atom. The Hall–Kier alpha value is -2.12. The van der Waals surface area contributed by atoms with Gasteiger partial charge in [-0.2, -0.15) is 0 Å². The molecule has 1 heterocycles. The Kier molecular flexibility index (Phi) is 3.53. The minimum atomic E-state index is 0.718. The third kappa shape index (κ3) is 2.45. The van der Waals surface area contributed by atoms with Crippen LogP contribution in [0.4, 0.5) is 0 Å². The lowest BCUT2D eigenvalue weighted by molar-refractivity contribution is 1.29. The van der Waals surface area contributed by atoms with E-state index in [0.29, 0.717) is 0 Å². The molecule has 0 atom stereocenters. The molecule has 0 N–H and O–H groups in total. The van der Waals surface area contributed by atoms with E-state index in [9.17, 15) is 0 Å². The number of nitrogens with zero attached hydrogens (tertiary/aromatic N) is 1. The van der Waals surface area contributed by atoms with Gasteiger partial charge < -0.3 is 0 Å². The molecule has 1 aromatic heterocycles. The van der Waals surface area contributed by atoms with Gasteiger partial charge in [-0.3, -0.25) is 0 Å². The van der Waals surface area contributed by atoms with Crippen molar-refractivity contribution >= 4 is 11.6 Å². The maximum atomic E-state index is 6.42. The summed E-state index contributed by atoms with van der Waals surface area (Å²) in [5, 5.41) is 0.718. The van der Waals surface area contributed by atoms with Crippen LogP contribution in [0.3, 0.4) is 0 Å². The largest absolute Gasteiger partial charge is 0.246 e. The van der Waals surface area contributed by atoms with Gasteiger partial charge in [0.1, 0.15) is 0 Å². The van der Waals surface area contributed by atoms with Gasteiger partial charge in [0.15, 0.2) is 0 Å². The zero-order valence-electron chi connectivity index (χ0n) is 11.2. The molecule has 0 aliphatic rings. The van der Waals surface area contributed by atoms with E-state index in [2.05, 4.69) is 12.1 Å². The van der Waals surface area contributed by atoms with Crippen molar-refractivity contribution in [3.63, 3.8) is 0 Å². The molecule has 0 saturated carbocycles. The van der Waals surface area contributed by atoms with Gasteiger partial charge in [0.05, 0.1) is 16.4 Å². The molecule has 98 valence electrons. The van der Waals surface area contributed by atoms with Crippen LogP contribution >= 0.6 is 11.6 Å². The number of hydrogen-bond acceptors (Lipinski definition) is 1. The second kappa shape index (κ2) is 5.48. The number of halogens is 1. The van der Waals surface area contributed by atoms with E-state index in [4.69, 9.17) is 16.6 Å². The van der Waals surface area contributed by atoms with Crippen molar-refractivity contribution in [3.05, 3.63) is 77.3 Å². The number of hydrogen-bond donors (Lipinski definition) is 0. The lowest BCUT2D eigenvalue weighted by Gasteiger charge is -2.10. The summed E-state index contributed by atoms with van der Waals surface area (Å²) in [6.07, 6.45) is 0. The molecule has 0 aliphatic heterocycles. The number of benzene rings is 2. The predicted octanol–water partition coefficient (Wildman–Crippen LogP) is 5.38. The van der Waals surface area contributed by atoms with Crippen molar-refractivity contribution in [2.45, 2.75) is 6.92 Å². The number of rotatable bonds is 2. The molecule has 1 nitrogen and oxygen atoms in total. The molecule has 0 spiro atoms. The second-order valence-electron chi connectivity index (χ2n) is 4.72. The molecule has 0 saturated heterocycles. The van der Waals surface area contributed by atoms with Crippen LogP contribution in [-0.2, 0) is 0 Å². The lowest BCUT2D eigenvalue weighted by Crippen LogP contribution is -1.92. The summed E-state index contributed by atoms with van der Waals surface area (Å²) in [5.41, 5.74) is 4.97. The van der Waals surface area contributed by atoms with Crippen molar-refractivity contribution in [2.75, 3.05) is 0 Å². The first kappa shape index (κ1) is 12.9. The van der Waals surface area contributed by atoms with Gasteiger partial charge in [-0.15, -0.1) is 0 Å². The third-order valence-corrected chi connectivity index (χ3v) is 3.73. The molecular weight excluding hydrogens is 266 g/mol. The molecule has 3 rings (SSSR count). The topological polar surface area (TPSA) is 12.9 Å². The normalized spacial score (nSPS) is 10.5. The van der Waals surface area contributed by atoms with E-state index in [-0.39, 0.29) is 0 Å². The molecule has 0 fully saturated rings. The molecule has 0 unspecified atom stereocenters. The van der Waals surface area contributed by atoms with E-state index >= 15 is 0 Å². The van der Waals surface area contributed by atoms with E-state index < -0.39 is 0 Å². The predicted molar refractivity (Wildman–Crippen MR) is 84.9 cm³/mol. The fraction of sp³-hybridized carbons (Fsp3) is 0.0556. The van der Waals surface area contributed by atoms with Gasteiger partial charge in [-0.05, 0) is 18.6 Å². The quantitative estimate of drug-likeness (QED) is 0.614. The fourth-order valence-electron chi connectivity index (χ4n) is 2.20. The zero-order chi connectivity index (χ0) is 13.9. The van der Waals surface area contributed by atoms with Gasteiger partial charge in [0, 0.05) is 11.1 Å². The first-order chi connectivity index (χ1) is 9.75. The van der Waals surface area contributed by atoms with Crippen molar-refractivity contribution in [1.29, 1.82) is 0 Å². The van der Waals surface area contributed by atoms with E-state index in [0.717, 1.165) is 33.1 Å². The molecule has 0 aliphatic carbocycles. The highest BCUT2D eigenvalue weighted by Gasteiger charge is 2.11. The maximum absolute atomic E-state index is 6.42. The van der Waals surface area contributed by atoms with Gasteiger partial charge in [0.2, 0.25) is 0 Å². The summed E-state index contributed by atoms with van der Waals surface area (Å²) in [5.74, 6) is 0. The van der Waals surface area contributed by atoms with Crippen LogP contribution in [0.1, 0.15) is 5.56 Å². The minimum absolute atomic E-state index is 0.718. The third-order valence-electron chi connectivity index (χ3n) is 3.26. The Balaban J connectivity index is 2.19. The van der Waals surface area contributed by atoms with Crippen molar-refractivity contribution in [3.8, 4) is 22.5 Å². The van der Waals surface area contributed by atoms with E-state index in [1.54, 1.807) is 0 Å². The smallest absolute Gasteiger partial charge is 0.0898 e. The maximum Gasteiger partial charge on any atom is 0.0898 e. The molecule has 20 heavy (non-hydrogen) atoms. The highest BCUT2D eigenvalue weighted by atomic mass is 35.5. The molecular formula is C18H14ClN. The number of pyridine rings is 1. The Morgan fingerprint density at radius 1 is 0.800 bits per heavy atom. The van der Waals surface area contributed by atoms with E-state index in [1.807, 2.05) is 61.5 Å². The van der Waals surface area contributed by atoms with Gasteiger partial charge in [0.25, 0.3) is 0 Å². The van der Waals surface area contributed by atoms with Gasteiger partial charge in [-0.25, -0.2) is 4.98 Å². The second-order valence-corrected chi connectivity index (χ2v) is 5.10. The highest BCUT2D eigenvalue weighted by molar-refractivity contribution is 6.33. The molecule has 2 aromatic carbocycles. The Morgan fingerprint density at radius 3 is 1.95 bits per heavy atom. The average molecular weight is 280 g/mol. The van der Waals surface area contributed by atoms with Gasteiger partial charge in [-0.1, -0.05) is 72.3 Å². The lowest BCUT2D eigenvalue weighted by atomic mass is 10.1. The number of aromatic nitrogens is 1.